The molecule has 1 atom stereocenters. The number of amides is 4. The van der Waals surface area contributed by atoms with E-state index in [9.17, 15) is 19.2 Å². The van der Waals surface area contributed by atoms with Gasteiger partial charge in [0, 0.05) is 18.7 Å². The Bertz CT molecular complexity index is 1400. The van der Waals surface area contributed by atoms with Crippen molar-refractivity contribution >= 4 is 29.3 Å². The van der Waals surface area contributed by atoms with Crippen LogP contribution in [0, 0.1) is 0 Å². The van der Waals surface area contributed by atoms with E-state index in [1.807, 2.05) is 12.3 Å². The normalized spacial score (nSPS) is 19.6. The van der Waals surface area contributed by atoms with Gasteiger partial charge in [-0.1, -0.05) is 23.4 Å². The molecule has 0 spiro atoms. The summed E-state index contributed by atoms with van der Waals surface area (Å²) in [5.74, 6) is -2.11. The molecule has 3 aliphatic rings. The smallest absolute Gasteiger partial charge is 0.262 e. The van der Waals surface area contributed by atoms with E-state index in [0.29, 0.717) is 12.2 Å². The summed E-state index contributed by atoms with van der Waals surface area (Å²) < 4.78 is 1.58. The number of piperidine rings is 1. The van der Waals surface area contributed by atoms with Crippen LogP contribution in [-0.2, 0) is 22.6 Å². The van der Waals surface area contributed by atoms with E-state index in [2.05, 4.69) is 38.7 Å². The van der Waals surface area contributed by atoms with Gasteiger partial charge in [-0.15, -0.1) is 5.10 Å². The number of aryl methyl sites for hydroxylation is 1. The third-order valence-corrected chi connectivity index (χ3v) is 6.79. The lowest BCUT2D eigenvalue weighted by Gasteiger charge is -2.30. The number of aromatic nitrogens is 3. The molecule has 3 aromatic rings. The molecule has 0 bridgehead atoms. The van der Waals surface area contributed by atoms with Crippen molar-refractivity contribution in [2.75, 3.05) is 11.4 Å². The lowest BCUT2D eigenvalue weighted by molar-refractivity contribution is -0.136. The zero-order valence-corrected chi connectivity index (χ0v) is 18.8. The van der Waals surface area contributed by atoms with Crippen molar-refractivity contribution in [2.24, 2.45) is 0 Å². The van der Waals surface area contributed by atoms with Gasteiger partial charge in [-0.2, -0.15) is 0 Å². The number of anilines is 1. The Morgan fingerprint density at radius 1 is 0.971 bits per heavy atom. The van der Waals surface area contributed by atoms with Gasteiger partial charge in [0.1, 0.15) is 11.7 Å². The second kappa shape index (κ2) is 8.15. The number of para-hydroxylation sites is 1. The summed E-state index contributed by atoms with van der Waals surface area (Å²) in [6.45, 7) is 1.55. The average molecular weight is 470 g/mol. The third-order valence-electron chi connectivity index (χ3n) is 6.79. The molecule has 10 nitrogen and oxygen atoms in total. The topological polar surface area (TPSA) is 118 Å². The third kappa shape index (κ3) is 3.58. The Labute approximate surface area is 200 Å². The minimum Gasteiger partial charge on any atom is -0.365 e. The zero-order chi connectivity index (χ0) is 24.1. The number of carbonyl (C=O) groups excluding carboxylic acids is 4. The standard InChI is InChI=1S/C25H22N6O4/c32-22-10-9-21(23(33)26-22)31-24(34)18-8-7-17(12-19(18)25(31)35)30-14-16(27-28-30)13-29-11-3-5-15-4-1-2-6-20(15)29/h1-2,4,6-8,12,14,21H,3,5,9-11,13H2,(H,26,32,33). The molecule has 1 N–H and O–H groups in total. The van der Waals surface area contributed by atoms with E-state index in [4.69, 9.17) is 0 Å². The van der Waals surface area contributed by atoms with Crippen molar-refractivity contribution in [1.29, 1.82) is 0 Å². The number of rotatable bonds is 4. The van der Waals surface area contributed by atoms with Gasteiger partial charge < -0.3 is 4.90 Å². The van der Waals surface area contributed by atoms with Crippen molar-refractivity contribution in [3.8, 4) is 5.69 Å². The lowest BCUT2D eigenvalue weighted by atomic mass is 10.0. The number of fused-ring (bicyclic) bond motifs is 2. The summed E-state index contributed by atoms with van der Waals surface area (Å²) in [6, 6.07) is 12.2. The Morgan fingerprint density at radius 3 is 2.66 bits per heavy atom. The van der Waals surface area contributed by atoms with E-state index in [1.54, 1.807) is 22.9 Å². The van der Waals surface area contributed by atoms with E-state index in [-0.39, 0.29) is 24.0 Å². The Balaban J connectivity index is 1.24. The molecule has 176 valence electrons. The Kier molecular flexibility index (Phi) is 4.94. The molecule has 3 aliphatic heterocycles. The van der Waals surface area contributed by atoms with Gasteiger partial charge in [-0.25, -0.2) is 4.68 Å². The highest BCUT2D eigenvalue weighted by Crippen LogP contribution is 2.30. The molecule has 0 aliphatic carbocycles. The highest BCUT2D eigenvalue weighted by molar-refractivity contribution is 6.23. The lowest BCUT2D eigenvalue weighted by Crippen LogP contribution is -2.54. The monoisotopic (exact) mass is 470 g/mol. The fourth-order valence-electron chi connectivity index (χ4n) is 5.07. The van der Waals surface area contributed by atoms with Gasteiger partial charge in [0.15, 0.2) is 0 Å². The number of hydrogen-bond acceptors (Lipinski definition) is 7. The fraction of sp³-hybridized carbons (Fsp3) is 0.280. The summed E-state index contributed by atoms with van der Waals surface area (Å²) in [4.78, 5) is 53.0. The van der Waals surface area contributed by atoms with Crippen LogP contribution in [0.5, 0.6) is 0 Å². The highest BCUT2D eigenvalue weighted by Gasteiger charge is 2.44. The van der Waals surface area contributed by atoms with Crippen molar-refractivity contribution in [3.05, 3.63) is 71.0 Å². The van der Waals surface area contributed by atoms with Crippen LogP contribution >= 0.6 is 0 Å². The second-order valence-electron chi connectivity index (χ2n) is 8.99. The molecule has 0 radical (unpaired) electrons. The van der Waals surface area contributed by atoms with Gasteiger partial charge >= 0.3 is 0 Å². The number of hydrogen-bond donors (Lipinski definition) is 1. The average Bonchev–Trinajstić information content (AvgIpc) is 3.42. The van der Waals surface area contributed by atoms with Crippen molar-refractivity contribution in [2.45, 2.75) is 38.3 Å². The largest absolute Gasteiger partial charge is 0.365 e. The second-order valence-corrected chi connectivity index (χ2v) is 8.99. The van der Waals surface area contributed by atoms with E-state index in [1.165, 1.54) is 11.3 Å². The van der Waals surface area contributed by atoms with Crippen LogP contribution < -0.4 is 10.2 Å². The van der Waals surface area contributed by atoms with Gasteiger partial charge in [-0.3, -0.25) is 29.4 Å². The maximum atomic E-state index is 13.1. The fourth-order valence-corrected chi connectivity index (χ4v) is 5.07. The molecule has 6 rings (SSSR count). The van der Waals surface area contributed by atoms with Crippen molar-refractivity contribution in [1.82, 2.24) is 25.2 Å². The van der Waals surface area contributed by atoms with E-state index >= 15 is 0 Å². The first kappa shape index (κ1) is 21.2. The van der Waals surface area contributed by atoms with Gasteiger partial charge in [0.05, 0.1) is 29.6 Å². The highest BCUT2D eigenvalue weighted by atomic mass is 16.2. The maximum absolute atomic E-state index is 13.1. The number of nitrogens with one attached hydrogen (secondary N) is 1. The number of nitrogens with zero attached hydrogens (tertiary/aromatic N) is 5. The van der Waals surface area contributed by atoms with Crippen LogP contribution in [0.1, 0.15) is 51.2 Å². The number of imide groups is 2. The molecule has 1 aromatic heterocycles. The van der Waals surface area contributed by atoms with Gasteiger partial charge in [-0.05, 0) is 49.1 Å². The quantitative estimate of drug-likeness (QED) is 0.576. The van der Waals surface area contributed by atoms with E-state index < -0.39 is 29.7 Å². The van der Waals surface area contributed by atoms with Gasteiger partial charge in [0.25, 0.3) is 11.8 Å². The van der Waals surface area contributed by atoms with E-state index in [0.717, 1.165) is 30.0 Å². The summed E-state index contributed by atoms with van der Waals surface area (Å²) in [5, 5.41) is 10.8. The molecular weight excluding hydrogens is 448 g/mol. The molecule has 10 heteroatoms. The molecule has 1 unspecified atom stereocenters. The minimum atomic E-state index is -0.992. The molecule has 1 fully saturated rings. The van der Waals surface area contributed by atoms with Crippen LogP contribution in [0.2, 0.25) is 0 Å². The van der Waals surface area contributed by atoms with Crippen LogP contribution in [0.3, 0.4) is 0 Å². The molecule has 4 amide bonds. The minimum absolute atomic E-state index is 0.0816. The maximum Gasteiger partial charge on any atom is 0.262 e. The number of carbonyl (C=O) groups is 4. The molecule has 1 saturated heterocycles. The molecular formula is C25H22N6O4. The van der Waals surface area contributed by atoms with Crippen LogP contribution in [-0.4, -0.2) is 56.1 Å². The predicted molar refractivity (Wildman–Crippen MR) is 124 cm³/mol. The molecule has 4 heterocycles. The first-order valence-corrected chi connectivity index (χ1v) is 11.6. The summed E-state index contributed by atoms with van der Waals surface area (Å²) in [7, 11) is 0. The zero-order valence-electron chi connectivity index (χ0n) is 18.8. The first-order chi connectivity index (χ1) is 17.0. The number of benzene rings is 2. The predicted octanol–water partition coefficient (Wildman–Crippen LogP) is 1.62. The Morgan fingerprint density at radius 2 is 1.80 bits per heavy atom. The molecule has 35 heavy (non-hydrogen) atoms. The van der Waals surface area contributed by atoms with Gasteiger partial charge in [0.2, 0.25) is 11.8 Å². The summed E-state index contributed by atoms with van der Waals surface area (Å²) >= 11 is 0. The first-order valence-electron chi connectivity index (χ1n) is 11.6. The summed E-state index contributed by atoms with van der Waals surface area (Å²) in [6.07, 6.45) is 4.17. The summed E-state index contributed by atoms with van der Waals surface area (Å²) in [5.41, 5.74) is 4.35. The van der Waals surface area contributed by atoms with Crippen LogP contribution in [0.15, 0.2) is 48.7 Å². The SMILES string of the molecule is O=C1CCC(N2C(=O)c3ccc(-n4cc(CN5CCCc6ccccc65)nn4)cc3C2=O)C(=O)N1. The molecule has 0 saturated carbocycles. The van der Waals surface area contributed by atoms with Crippen molar-refractivity contribution in [3.63, 3.8) is 0 Å². The Hall–Kier alpha value is -4.34. The van der Waals surface area contributed by atoms with Crippen LogP contribution in [0.25, 0.3) is 5.69 Å². The van der Waals surface area contributed by atoms with Crippen LogP contribution in [0.4, 0.5) is 5.69 Å². The molecule has 2 aromatic carbocycles. The van der Waals surface area contributed by atoms with Crippen molar-refractivity contribution < 1.29 is 19.2 Å².